The first-order valence-corrected chi connectivity index (χ1v) is 8.24. The molecule has 0 bridgehead atoms. The third-order valence-corrected chi connectivity index (χ3v) is 4.52. The lowest BCUT2D eigenvalue weighted by Gasteiger charge is -2.17. The van der Waals surface area contributed by atoms with Crippen LogP contribution in [0.15, 0.2) is 24.5 Å². The van der Waals surface area contributed by atoms with E-state index in [-0.39, 0.29) is 10.8 Å². The maximum atomic E-state index is 5.65. The number of aromatic nitrogens is 2. The molecule has 2 aromatic rings. The molecule has 2 rings (SSSR count). The molecule has 116 valence electrons. The maximum Gasteiger partial charge on any atom is 0.129 e. The van der Waals surface area contributed by atoms with E-state index in [1.54, 1.807) is 11.3 Å². The largest absolute Gasteiger partial charge is 0.250 e. The molecule has 0 saturated carbocycles. The van der Waals surface area contributed by atoms with E-state index in [4.69, 9.17) is 11.6 Å². The summed E-state index contributed by atoms with van der Waals surface area (Å²) in [6.07, 6.45) is 3.79. The minimum absolute atomic E-state index is 0.164. The zero-order valence-corrected chi connectivity index (χ0v) is 15.6. The minimum Gasteiger partial charge on any atom is -0.250 e. The summed E-state index contributed by atoms with van der Waals surface area (Å²) in [6.45, 7) is 15.1. The second kappa shape index (κ2) is 6.89. The molecule has 0 amide bonds. The number of nitrogens with zero attached hydrogens (tertiary/aromatic N) is 2. The molecule has 0 atom stereocenters. The van der Waals surface area contributed by atoms with E-state index in [1.165, 1.54) is 10.4 Å². The highest BCUT2D eigenvalue weighted by Crippen LogP contribution is 2.26. The summed E-state index contributed by atoms with van der Waals surface area (Å²) in [6, 6.07) is 3.83. The molecule has 0 N–H and O–H groups in total. The van der Waals surface area contributed by atoms with E-state index in [9.17, 15) is 0 Å². The van der Waals surface area contributed by atoms with Crippen LogP contribution in [0.2, 0.25) is 5.15 Å². The highest BCUT2D eigenvalue weighted by atomic mass is 35.5. The first-order chi connectivity index (χ1) is 9.50. The van der Waals surface area contributed by atoms with Gasteiger partial charge in [-0.2, -0.15) is 0 Å². The van der Waals surface area contributed by atoms with Crippen LogP contribution in [-0.4, -0.2) is 9.97 Å². The Morgan fingerprint density at radius 1 is 0.905 bits per heavy atom. The van der Waals surface area contributed by atoms with Gasteiger partial charge in [0.2, 0.25) is 0 Å². The second-order valence-electron chi connectivity index (χ2n) is 7.11. The van der Waals surface area contributed by atoms with Crippen molar-refractivity contribution in [2.24, 2.45) is 0 Å². The molecule has 0 saturated heterocycles. The Hall–Kier alpha value is -0.930. The highest BCUT2D eigenvalue weighted by molar-refractivity contribution is 7.11. The summed E-state index contributed by atoms with van der Waals surface area (Å²) >= 11 is 7.43. The monoisotopic (exact) mass is 324 g/mol. The highest BCUT2D eigenvalue weighted by Gasteiger charge is 2.15. The molecule has 0 aliphatic carbocycles. The SMILES string of the molecule is CC(C)(C)c1ccc(Cl)nc1.Cc1ncc(C(C)(C)C)s1. The fourth-order valence-corrected chi connectivity index (χ4v) is 2.47. The maximum absolute atomic E-state index is 5.65. The summed E-state index contributed by atoms with van der Waals surface area (Å²) in [5.74, 6) is 0. The van der Waals surface area contributed by atoms with E-state index in [0.29, 0.717) is 5.15 Å². The Bertz CT molecular complexity index is 560. The Kier molecular flexibility index (Phi) is 5.94. The average Bonchev–Trinajstić information content (AvgIpc) is 2.76. The van der Waals surface area contributed by atoms with E-state index in [0.717, 1.165) is 5.01 Å². The lowest BCUT2D eigenvalue weighted by Crippen LogP contribution is -2.10. The van der Waals surface area contributed by atoms with Crippen LogP contribution in [-0.2, 0) is 10.8 Å². The predicted octanol–water partition coefficient (Wildman–Crippen LogP) is 5.78. The Labute approximate surface area is 137 Å². The molecule has 0 aliphatic rings. The summed E-state index contributed by atoms with van der Waals surface area (Å²) in [7, 11) is 0. The molecule has 4 heteroatoms. The normalized spacial score (nSPS) is 11.8. The zero-order chi connectivity index (χ0) is 16.3. The van der Waals surface area contributed by atoms with Gasteiger partial charge in [-0.15, -0.1) is 11.3 Å². The lowest BCUT2D eigenvalue weighted by molar-refractivity contribution is 0.587. The van der Waals surface area contributed by atoms with Crippen molar-refractivity contribution in [1.82, 2.24) is 9.97 Å². The van der Waals surface area contributed by atoms with Gasteiger partial charge in [-0.05, 0) is 29.4 Å². The molecule has 2 heterocycles. The van der Waals surface area contributed by atoms with Crippen LogP contribution in [0.4, 0.5) is 0 Å². The Morgan fingerprint density at radius 2 is 1.52 bits per heavy atom. The summed E-state index contributed by atoms with van der Waals surface area (Å²) in [4.78, 5) is 9.58. The number of thiazole rings is 1. The van der Waals surface area contributed by atoms with Crippen molar-refractivity contribution in [2.75, 3.05) is 0 Å². The molecule has 2 aromatic heterocycles. The lowest BCUT2D eigenvalue weighted by atomic mass is 9.88. The number of hydrogen-bond acceptors (Lipinski definition) is 3. The van der Waals surface area contributed by atoms with E-state index in [2.05, 4.69) is 51.5 Å². The number of aryl methyl sites for hydroxylation is 1. The van der Waals surface area contributed by atoms with Crippen molar-refractivity contribution in [2.45, 2.75) is 59.3 Å². The quantitative estimate of drug-likeness (QED) is 0.574. The van der Waals surface area contributed by atoms with Crippen LogP contribution in [0.3, 0.4) is 0 Å². The molecule has 0 aliphatic heterocycles. The van der Waals surface area contributed by atoms with Gasteiger partial charge in [0.15, 0.2) is 0 Å². The standard InChI is InChI=1S/C9H12ClN.C8H13NS/c1-9(2,3)7-4-5-8(10)11-6-7;1-6-9-5-7(10-6)8(2,3)4/h4-6H,1-3H3;5H,1-4H3. The molecule has 0 radical (unpaired) electrons. The van der Waals surface area contributed by atoms with Crippen molar-refractivity contribution in [3.05, 3.63) is 45.1 Å². The van der Waals surface area contributed by atoms with Gasteiger partial charge in [0, 0.05) is 17.3 Å². The van der Waals surface area contributed by atoms with Gasteiger partial charge in [-0.3, -0.25) is 0 Å². The summed E-state index contributed by atoms with van der Waals surface area (Å²) in [5.41, 5.74) is 1.64. The Morgan fingerprint density at radius 3 is 1.81 bits per heavy atom. The number of pyridine rings is 1. The van der Waals surface area contributed by atoms with Crippen LogP contribution in [0.5, 0.6) is 0 Å². The summed E-state index contributed by atoms with van der Waals surface area (Å²) < 4.78 is 0. The van der Waals surface area contributed by atoms with Gasteiger partial charge in [-0.1, -0.05) is 59.2 Å². The molecule has 0 spiro atoms. The smallest absolute Gasteiger partial charge is 0.129 e. The average molecular weight is 325 g/mol. The Balaban J connectivity index is 0.000000211. The van der Waals surface area contributed by atoms with Gasteiger partial charge in [0.05, 0.1) is 5.01 Å². The van der Waals surface area contributed by atoms with Crippen LogP contribution >= 0.6 is 22.9 Å². The van der Waals surface area contributed by atoms with Crippen molar-refractivity contribution >= 4 is 22.9 Å². The van der Waals surface area contributed by atoms with E-state index < -0.39 is 0 Å². The first-order valence-electron chi connectivity index (χ1n) is 7.05. The molecule has 0 fully saturated rings. The van der Waals surface area contributed by atoms with Crippen LogP contribution in [0.1, 0.15) is 57.0 Å². The molecular formula is C17H25ClN2S. The third kappa shape index (κ3) is 6.15. The topological polar surface area (TPSA) is 25.8 Å². The van der Waals surface area contributed by atoms with Crippen molar-refractivity contribution in [1.29, 1.82) is 0 Å². The van der Waals surface area contributed by atoms with Crippen molar-refractivity contribution in [3.8, 4) is 0 Å². The first kappa shape index (κ1) is 18.1. The molecule has 0 aromatic carbocycles. The minimum atomic E-state index is 0.164. The van der Waals surface area contributed by atoms with Gasteiger partial charge in [0.1, 0.15) is 5.15 Å². The number of hydrogen-bond donors (Lipinski definition) is 0. The number of rotatable bonds is 0. The van der Waals surface area contributed by atoms with Crippen LogP contribution in [0, 0.1) is 6.92 Å². The van der Waals surface area contributed by atoms with Crippen molar-refractivity contribution < 1.29 is 0 Å². The second-order valence-corrected chi connectivity index (χ2v) is 8.74. The van der Waals surface area contributed by atoms with Crippen molar-refractivity contribution in [3.63, 3.8) is 0 Å². The number of halogens is 1. The zero-order valence-electron chi connectivity index (χ0n) is 14.0. The molecular weight excluding hydrogens is 300 g/mol. The summed E-state index contributed by atoms with van der Waals surface area (Å²) in [5, 5.41) is 1.71. The fraction of sp³-hybridized carbons (Fsp3) is 0.529. The fourth-order valence-electron chi connectivity index (χ4n) is 1.53. The van der Waals surface area contributed by atoms with Gasteiger partial charge in [-0.25, -0.2) is 9.97 Å². The third-order valence-electron chi connectivity index (χ3n) is 2.95. The van der Waals surface area contributed by atoms with Crippen LogP contribution in [0.25, 0.3) is 0 Å². The van der Waals surface area contributed by atoms with E-state index in [1.807, 2.05) is 31.5 Å². The molecule has 2 nitrogen and oxygen atoms in total. The molecule has 0 unspecified atom stereocenters. The predicted molar refractivity (Wildman–Crippen MR) is 93.5 cm³/mol. The van der Waals surface area contributed by atoms with Crippen LogP contribution < -0.4 is 0 Å². The van der Waals surface area contributed by atoms with Gasteiger partial charge < -0.3 is 0 Å². The van der Waals surface area contributed by atoms with E-state index >= 15 is 0 Å². The molecule has 21 heavy (non-hydrogen) atoms. The van der Waals surface area contributed by atoms with Gasteiger partial charge in [0.25, 0.3) is 0 Å². The van der Waals surface area contributed by atoms with Gasteiger partial charge >= 0.3 is 0 Å².